The van der Waals surface area contributed by atoms with Gasteiger partial charge in [0.2, 0.25) is 5.91 Å². The van der Waals surface area contributed by atoms with E-state index < -0.39 is 0 Å². The van der Waals surface area contributed by atoms with Crippen LogP contribution >= 0.6 is 0 Å². The van der Waals surface area contributed by atoms with E-state index in [2.05, 4.69) is 10.1 Å². The molecule has 0 aliphatic carbocycles. The van der Waals surface area contributed by atoms with Crippen molar-refractivity contribution in [2.24, 2.45) is 5.92 Å². The molecule has 1 saturated heterocycles. The standard InChI is InChI=1S/C28H30N4O5/c1-18(23-13-16-37-29-23)30(2)26(33)20-11-14-31(15-12-20)24-6-4-5-22-25(24)28(35)32(27(22)34)17-19-7-9-21(36-3)10-8-19/h4-10,13,16,18,20H,11-12,14-15,17H2,1-3H3/t18-/m1/s1. The second-order valence-electron chi connectivity index (χ2n) is 9.55. The van der Waals surface area contributed by atoms with Crippen LogP contribution in [0.3, 0.4) is 0 Å². The number of fused-ring (bicyclic) bond motifs is 1. The number of amides is 3. The van der Waals surface area contributed by atoms with Crippen molar-refractivity contribution in [3.05, 3.63) is 77.2 Å². The van der Waals surface area contributed by atoms with E-state index in [-0.39, 0.29) is 36.2 Å². The molecule has 2 aromatic carbocycles. The number of carbonyl (C=O) groups is 3. The van der Waals surface area contributed by atoms with Crippen LogP contribution in [0.2, 0.25) is 0 Å². The van der Waals surface area contributed by atoms with E-state index in [1.807, 2.05) is 43.3 Å². The van der Waals surface area contributed by atoms with Gasteiger partial charge in [0.1, 0.15) is 17.7 Å². The lowest BCUT2D eigenvalue weighted by atomic mass is 9.93. The Morgan fingerprint density at radius 1 is 1.11 bits per heavy atom. The van der Waals surface area contributed by atoms with E-state index in [9.17, 15) is 14.4 Å². The molecule has 3 aromatic rings. The number of anilines is 1. The number of carbonyl (C=O) groups excluding carboxylic acids is 3. The van der Waals surface area contributed by atoms with Crippen molar-refractivity contribution in [1.82, 2.24) is 15.0 Å². The molecule has 5 rings (SSSR count). The van der Waals surface area contributed by atoms with Gasteiger partial charge in [-0.25, -0.2) is 0 Å². The number of imide groups is 1. The van der Waals surface area contributed by atoms with Gasteiger partial charge in [-0.2, -0.15) is 0 Å². The van der Waals surface area contributed by atoms with Crippen molar-refractivity contribution in [2.75, 3.05) is 32.1 Å². The summed E-state index contributed by atoms with van der Waals surface area (Å²) in [5.74, 6) is 0.104. The number of methoxy groups -OCH3 is 1. The van der Waals surface area contributed by atoms with Gasteiger partial charge < -0.3 is 19.1 Å². The van der Waals surface area contributed by atoms with Gasteiger partial charge in [-0.1, -0.05) is 23.4 Å². The average molecular weight is 503 g/mol. The summed E-state index contributed by atoms with van der Waals surface area (Å²) in [4.78, 5) is 44.9. The summed E-state index contributed by atoms with van der Waals surface area (Å²) in [5, 5.41) is 3.96. The van der Waals surface area contributed by atoms with Crippen molar-refractivity contribution in [1.29, 1.82) is 0 Å². The first kappa shape index (κ1) is 24.5. The molecule has 1 fully saturated rings. The molecule has 0 bridgehead atoms. The molecule has 1 aromatic heterocycles. The van der Waals surface area contributed by atoms with E-state index in [1.165, 1.54) is 11.2 Å². The molecular formula is C28H30N4O5. The van der Waals surface area contributed by atoms with Gasteiger partial charge >= 0.3 is 0 Å². The van der Waals surface area contributed by atoms with Crippen LogP contribution in [0.1, 0.15) is 57.8 Å². The second-order valence-corrected chi connectivity index (χ2v) is 9.55. The normalized spacial score (nSPS) is 16.6. The Morgan fingerprint density at radius 3 is 2.49 bits per heavy atom. The summed E-state index contributed by atoms with van der Waals surface area (Å²) in [5.41, 5.74) is 3.19. The number of piperidine rings is 1. The maximum Gasteiger partial charge on any atom is 0.263 e. The highest BCUT2D eigenvalue weighted by molar-refractivity contribution is 6.23. The molecule has 1 atom stereocenters. The van der Waals surface area contributed by atoms with Crippen LogP contribution in [0, 0.1) is 5.92 Å². The summed E-state index contributed by atoms with van der Waals surface area (Å²) < 4.78 is 10.1. The van der Waals surface area contributed by atoms with E-state index in [1.54, 1.807) is 31.2 Å². The van der Waals surface area contributed by atoms with E-state index in [4.69, 9.17) is 9.26 Å². The maximum atomic E-state index is 13.4. The van der Waals surface area contributed by atoms with Crippen molar-refractivity contribution >= 4 is 23.4 Å². The lowest BCUT2D eigenvalue weighted by Gasteiger charge is -2.36. The van der Waals surface area contributed by atoms with E-state index in [0.29, 0.717) is 42.8 Å². The fourth-order valence-corrected chi connectivity index (χ4v) is 5.12. The minimum absolute atomic E-state index is 0.0744. The number of nitrogens with zero attached hydrogens (tertiary/aromatic N) is 4. The minimum atomic E-state index is -0.286. The zero-order chi connectivity index (χ0) is 26.1. The predicted molar refractivity (Wildman–Crippen MR) is 136 cm³/mol. The molecule has 37 heavy (non-hydrogen) atoms. The number of hydrogen-bond acceptors (Lipinski definition) is 7. The summed E-state index contributed by atoms with van der Waals surface area (Å²) >= 11 is 0. The third-order valence-corrected chi connectivity index (χ3v) is 7.48. The van der Waals surface area contributed by atoms with Crippen LogP contribution in [-0.4, -0.2) is 59.9 Å². The number of hydrogen-bond donors (Lipinski definition) is 0. The first-order chi connectivity index (χ1) is 17.9. The van der Waals surface area contributed by atoms with Gasteiger partial charge in [-0.3, -0.25) is 19.3 Å². The van der Waals surface area contributed by atoms with Crippen LogP contribution in [-0.2, 0) is 11.3 Å². The molecular weight excluding hydrogens is 472 g/mol. The van der Waals surface area contributed by atoms with Crippen LogP contribution < -0.4 is 9.64 Å². The fraction of sp³-hybridized carbons (Fsp3) is 0.357. The Labute approximate surface area is 215 Å². The van der Waals surface area contributed by atoms with Crippen molar-refractivity contribution in [3.8, 4) is 5.75 Å². The van der Waals surface area contributed by atoms with Gasteiger partial charge in [0.05, 0.1) is 36.5 Å². The van der Waals surface area contributed by atoms with Crippen LogP contribution in [0.15, 0.2) is 59.3 Å². The Bertz CT molecular complexity index is 1300. The van der Waals surface area contributed by atoms with Gasteiger partial charge in [0, 0.05) is 32.1 Å². The van der Waals surface area contributed by atoms with Crippen LogP contribution in [0.4, 0.5) is 5.69 Å². The smallest absolute Gasteiger partial charge is 0.263 e. The highest BCUT2D eigenvalue weighted by atomic mass is 16.5. The molecule has 2 aliphatic rings. The molecule has 2 aliphatic heterocycles. The number of rotatable bonds is 7. The summed E-state index contributed by atoms with van der Waals surface area (Å²) in [7, 11) is 3.39. The lowest BCUT2D eigenvalue weighted by Crippen LogP contribution is -2.42. The molecule has 9 heteroatoms. The third kappa shape index (κ3) is 4.57. The largest absolute Gasteiger partial charge is 0.497 e. The summed E-state index contributed by atoms with van der Waals surface area (Å²) in [6.07, 6.45) is 2.83. The van der Waals surface area contributed by atoms with Crippen LogP contribution in [0.5, 0.6) is 5.75 Å². The Balaban J connectivity index is 1.27. The zero-order valence-corrected chi connectivity index (χ0v) is 21.2. The van der Waals surface area contributed by atoms with Gasteiger partial charge in [0.15, 0.2) is 0 Å². The molecule has 0 unspecified atom stereocenters. The number of aromatic nitrogens is 1. The van der Waals surface area contributed by atoms with Gasteiger partial charge in [0.25, 0.3) is 11.8 Å². The molecule has 192 valence electrons. The highest BCUT2D eigenvalue weighted by Crippen LogP contribution is 2.35. The maximum absolute atomic E-state index is 13.4. The van der Waals surface area contributed by atoms with Gasteiger partial charge in [-0.05, 0) is 49.6 Å². The SMILES string of the molecule is COc1ccc(CN2C(=O)c3cccc(N4CCC(C(=O)N(C)[C@H](C)c5ccon5)CC4)c3C2=O)cc1. The highest BCUT2D eigenvalue weighted by Gasteiger charge is 2.39. The minimum Gasteiger partial charge on any atom is -0.497 e. The Kier molecular flexibility index (Phi) is 6.69. The van der Waals surface area contributed by atoms with Crippen molar-refractivity contribution < 1.29 is 23.6 Å². The molecule has 0 N–H and O–H groups in total. The predicted octanol–water partition coefficient (Wildman–Crippen LogP) is 3.92. The van der Waals surface area contributed by atoms with Crippen molar-refractivity contribution in [2.45, 2.75) is 32.4 Å². The molecule has 0 saturated carbocycles. The van der Waals surface area contributed by atoms with E-state index >= 15 is 0 Å². The third-order valence-electron chi connectivity index (χ3n) is 7.48. The molecule has 3 amide bonds. The fourth-order valence-electron chi connectivity index (χ4n) is 5.12. The average Bonchev–Trinajstić information content (AvgIpc) is 3.56. The van der Waals surface area contributed by atoms with E-state index in [0.717, 1.165) is 16.9 Å². The topological polar surface area (TPSA) is 96.2 Å². The van der Waals surface area contributed by atoms with Crippen molar-refractivity contribution in [3.63, 3.8) is 0 Å². The van der Waals surface area contributed by atoms with Gasteiger partial charge in [-0.15, -0.1) is 0 Å². The lowest BCUT2D eigenvalue weighted by molar-refractivity contribution is -0.136. The van der Waals surface area contributed by atoms with Crippen LogP contribution in [0.25, 0.3) is 0 Å². The first-order valence-corrected chi connectivity index (χ1v) is 12.4. The summed E-state index contributed by atoms with van der Waals surface area (Å²) in [6.45, 7) is 3.37. The Hall–Kier alpha value is -4.14. The molecule has 0 spiro atoms. The zero-order valence-electron chi connectivity index (χ0n) is 21.2. The second kappa shape index (κ2) is 10.1. The number of ether oxygens (including phenoxy) is 1. The summed E-state index contributed by atoms with van der Waals surface area (Å²) in [6, 6.07) is 14.3. The molecule has 9 nitrogen and oxygen atoms in total. The molecule has 0 radical (unpaired) electrons. The number of benzene rings is 2. The first-order valence-electron chi connectivity index (χ1n) is 12.4. The monoisotopic (exact) mass is 502 g/mol. The molecule has 3 heterocycles. The Morgan fingerprint density at radius 2 is 1.84 bits per heavy atom. The quantitative estimate of drug-likeness (QED) is 0.452.